The van der Waals surface area contributed by atoms with Gasteiger partial charge >= 0.3 is 5.69 Å². The first-order valence-corrected chi connectivity index (χ1v) is 5.73. The van der Waals surface area contributed by atoms with Crippen LogP contribution >= 0.6 is 0 Å². The fraction of sp³-hybridized carbons (Fsp3) is 0.154. The fourth-order valence-corrected chi connectivity index (χ4v) is 1.74. The second-order valence-corrected chi connectivity index (χ2v) is 4.09. The molecule has 0 saturated carbocycles. The molecule has 1 aromatic heterocycles. The number of anilines is 1. The zero-order valence-corrected chi connectivity index (χ0v) is 10.3. The van der Waals surface area contributed by atoms with Gasteiger partial charge in [-0.15, -0.1) is 0 Å². The van der Waals surface area contributed by atoms with Crippen molar-refractivity contribution in [1.29, 1.82) is 0 Å². The summed E-state index contributed by atoms with van der Waals surface area (Å²) in [5.74, 6) is 0.366. The second kappa shape index (κ2) is 5.34. The largest absolute Gasteiger partial charge is 0.508 e. The number of nitrogens with zero attached hydrogens (tertiary/aromatic N) is 2. The van der Waals surface area contributed by atoms with Crippen molar-refractivity contribution in [1.82, 2.24) is 4.98 Å². The number of pyridine rings is 1. The van der Waals surface area contributed by atoms with Crippen LogP contribution in [0.4, 0.5) is 11.5 Å². The molecule has 0 radical (unpaired) electrons. The van der Waals surface area contributed by atoms with Gasteiger partial charge in [-0.2, -0.15) is 0 Å². The van der Waals surface area contributed by atoms with Gasteiger partial charge < -0.3 is 10.4 Å². The summed E-state index contributed by atoms with van der Waals surface area (Å²) in [4.78, 5) is 14.4. The molecule has 0 bridgehead atoms. The molecule has 0 amide bonds. The summed E-state index contributed by atoms with van der Waals surface area (Å²) in [6.07, 6.45) is 1.49. The monoisotopic (exact) mass is 259 g/mol. The predicted molar refractivity (Wildman–Crippen MR) is 71.0 cm³/mol. The Labute approximate surface area is 109 Å². The highest BCUT2D eigenvalue weighted by molar-refractivity contribution is 5.56. The standard InChI is InChI=1S/C13H13N3O3/c1-9(10-4-2-5-11(17)8-10)15-13-12(16(18)19)6-3-7-14-13/h2-9,17H,1H3,(H,14,15)/t9-/m1/s1. The highest BCUT2D eigenvalue weighted by Crippen LogP contribution is 2.26. The highest BCUT2D eigenvalue weighted by atomic mass is 16.6. The molecule has 6 heteroatoms. The number of nitro groups is 1. The van der Waals surface area contributed by atoms with Crippen LogP contribution in [0.15, 0.2) is 42.6 Å². The van der Waals surface area contributed by atoms with E-state index in [1.807, 2.05) is 13.0 Å². The molecule has 2 aromatic rings. The van der Waals surface area contributed by atoms with Gasteiger partial charge in [0, 0.05) is 12.3 Å². The predicted octanol–water partition coefficient (Wildman–Crippen LogP) is 2.87. The number of phenolic OH excluding ortho intramolecular Hbond substituents is 1. The molecule has 2 N–H and O–H groups in total. The van der Waals surface area contributed by atoms with Crippen molar-refractivity contribution in [3.63, 3.8) is 0 Å². The number of phenols is 1. The van der Waals surface area contributed by atoms with Gasteiger partial charge in [0.2, 0.25) is 5.82 Å². The summed E-state index contributed by atoms with van der Waals surface area (Å²) in [7, 11) is 0. The summed E-state index contributed by atoms with van der Waals surface area (Å²) in [6, 6.07) is 9.42. The number of hydrogen-bond acceptors (Lipinski definition) is 5. The van der Waals surface area contributed by atoms with Crippen molar-refractivity contribution in [2.45, 2.75) is 13.0 Å². The molecule has 0 aliphatic rings. The maximum Gasteiger partial charge on any atom is 0.311 e. The number of benzene rings is 1. The minimum atomic E-state index is -0.482. The van der Waals surface area contributed by atoms with E-state index in [1.54, 1.807) is 18.2 Å². The molecule has 1 aromatic carbocycles. The van der Waals surface area contributed by atoms with E-state index in [4.69, 9.17) is 0 Å². The van der Waals surface area contributed by atoms with Crippen LogP contribution in [0.2, 0.25) is 0 Å². The average Bonchev–Trinajstić information content (AvgIpc) is 2.39. The number of rotatable bonds is 4. The minimum Gasteiger partial charge on any atom is -0.508 e. The van der Waals surface area contributed by atoms with Gasteiger partial charge in [-0.1, -0.05) is 12.1 Å². The van der Waals surface area contributed by atoms with Gasteiger partial charge in [0.15, 0.2) is 0 Å². The van der Waals surface area contributed by atoms with Crippen molar-refractivity contribution in [2.24, 2.45) is 0 Å². The Balaban J connectivity index is 2.24. The second-order valence-electron chi connectivity index (χ2n) is 4.09. The fourth-order valence-electron chi connectivity index (χ4n) is 1.74. The SMILES string of the molecule is C[C@@H](Nc1ncccc1[N+](=O)[O-])c1cccc(O)c1. The van der Waals surface area contributed by atoms with Gasteiger partial charge in [0.25, 0.3) is 0 Å². The average molecular weight is 259 g/mol. The molecule has 0 fully saturated rings. The van der Waals surface area contributed by atoms with Crippen LogP contribution in [-0.4, -0.2) is 15.0 Å². The molecule has 0 aliphatic heterocycles. The molecule has 0 saturated heterocycles. The van der Waals surface area contributed by atoms with E-state index >= 15 is 0 Å². The summed E-state index contributed by atoms with van der Waals surface area (Å²) in [6.45, 7) is 1.84. The first kappa shape index (κ1) is 12.8. The molecule has 1 atom stereocenters. The van der Waals surface area contributed by atoms with Crippen molar-refractivity contribution in [3.05, 3.63) is 58.3 Å². The molecule has 0 aliphatic carbocycles. The zero-order chi connectivity index (χ0) is 13.8. The van der Waals surface area contributed by atoms with Gasteiger partial charge in [-0.3, -0.25) is 10.1 Å². The molecule has 19 heavy (non-hydrogen) atoms. The Kier molecular flexibility index (Phi) is 3.61. The van der Waals surface area contributed by atoms with E-state index < -0.39 is 4.92 Å². The van der Waals surface area contributed by atoms with Crippen LogP contribution in [0.5, 0.6) is 5.75 Å². The quantitative estimate of drug-likeness (QED) is 0.651. The van der Waals surface area contributed by atoms with Crippen LogP contribution in [0, 0.1) is 10.1 Å². The Morgan fingerprint density at radius 3 is 2.84 bits per heavy atom. The zero-order valence-electron chi connectivity index (χ0n) is 10.3. The van der Waals surface area contributed by atoms with E-state index in [1.165, 1.54) is 18.3 Å². The van der Waals surface area contributed by atoms with Gasteiger partial charge in [-0.05, 0) is 30.7 Å². The van der Waals surface area contributed by atoms with E-state index in [0.717, 1.165) is 5.56 Å². The van der Waals surface area contributed by atoms with Crippen LogP contribution in [0.1, 0.15) is 18.5 Å². The Hall–Kier alpha value is -2.63. The number of hydrogen-bond donors (Lipinski definition) is 2. The topological polar surface area (TPSA) is 88.3 Å². The third-order valence-corrected chi connectivity index (χ3v) is 2.71. The maximum absolute atomic E-state index is 10.9. The highest BCUT2D eigenvalue weighted by Gasteiger charge is 2.16. The molecule has 1 heterocycles. The van der Waals surface area contributed by atoms with Crippen molar-refractivity contribution < 1.29 is 10.0 Å². The molecule has 6 nitrogen and oxygen atoms in total. The lowest BCUT2D eigenvalue weighted by molar-refractivity contribution is -0.384. The maximum atomic E-state index is 10.9. The lowest BCUT2D eigenvalue weighted by Crippen LogP contribution is -2.09. The molecule has 0 unspecified atom stereocenters. The Morgan fingerprint density at radius 1 is 1.37 bits per heavy atom. The van der Waals surface area contributed by atoms with Crippen LogP contribution in [-0.2, 0) is 0 Å². The van der Waals surface area contributed by atoms with Crippen LogP contribution in [0.25, 0.3) is 0 Å². The lowest BCUT2D eigenvalue weighted by Gasteiger charge is -2.14. The van der Waals surface area contributed by atoms with Crippen molar-refractivity contribution >= 4 is 11.5 Å². The van der Waals surface area contributed by atoms with Crippen molar-refractivity contribution in [2.75, 3.05) is 5.32 Å². The smallest absolute Gasteiger partial charge is 0.311 e. The summed E-state index contributed by atoms with van der Waals surface area (Å²) < 4.78 is 0. The third kappa shape index (κ3) is 2.98. The van der Waals surface area contributed by atoms with E-state index in [2.05, 4.69) is 10.3 Å². The summed E-state index contributed by atoms with van der Waals surface area (Å²) >= 11 is 0. The third-order valence-electron chi connectivity index (χ3n) is 2.71. The first-order chi connectivity index (χ1) is 9.08. The van der Waals surface area contributed by atoms with Crippen LogP contribution in [0.3, 0.4) is 0 Å². The summed E-state index contributed by atoms with van der Waals surface area (Å²) in [5.41, 5.74) is 0.745. The molecular formula is C13H13N3O3. The summed E-state index contributed by atoms with van der Waals surface area (Å²) in [5, 5.41) is 23.3. The number of aromatic hydroxyl groups is 1. The van der Waals surface area contributed by atoms with Gasteiger partial charge in [0.1, 0.15) is 5.75 Å². The van der Waals surface area contributed by atoms with E-state index in [9.17, 15) is 15.2 Å². The Morgan fingerprint density at radius 2 is 2.16 bits per heavy atom. The molecule has 2 rings (SSSR count). The van der Waals surface area contributed by atoms with Gasteiger partial charge in [0.05, 0.1) is 11.0 Å². The van der Waals surface area contributed by atoms with E-state index in [0.29, 0.717) is 0 Å². The van der Waals surface area contributed by atoms with Crippen LogP contribution < -0.4 is 5.32 Å². The first-order valence-electron chi connectivity index (χ1n) is 5.73. The number of aromatic nitrogens is 1. The van der Waals surface area contributed by atoms with E-state index in [-0.39, 0.29) is 23.3 Å². The molecular weight excluding hydrogens is 246 g/mol. The minimum absolute atomic E-state index is 0.0745. The molecule has 0 spiro atoms. The van der Waals surface area contributed by atoms with Crippen molar-refractivity contribution in [3.8, 4) is 5.75 Å². The normalized spacial score (nSPS) is 11.8. The lowest BCUT2D eigenvalue weighted by atomic mass is 10.1. The van der Waals surface area contributed by atoms with Gasteiger partial charge in [-0.25, -0.2) is 4.98 Å². The number of nitrogens with one attached hydrogen (secondary N) is 1. The molecule has 98 valence electrons. The Bertz CT molecular complexity index is 601.